The summed E-state index contributed by atoms with van der Waals surface area (Å²) >= 11 is 5.76. The lowest BCUT2D eigenvalue weighted by Gasteiger charge is -2.23. The zero-order chi connectivity index (χ0) is 24.7. The first kappa shape index (κ1) is 25.6. The van der Waals surface area contributed by atoms with E-state index in [1.54, 1.807) is 19.2 Å². The zero-order valence-corrected chi connectivity index (χ0v) is 20.2. The van der Waals surface area contributed by atoms with E-state index in [-0.39, 0.29) is 29.9 Å². The molecule has 0 unspecified atom stereocenters. The second kappa shape index (κ2) is 11.9. The highest BCUT2D eigenvalue weighted by molar-refractivity contribution is 6.28. The van der Waals surface area contributed by atoms with Crippen molar-refractivity contribution in [3.8, 4) is 5.75 Å². The molecule has 3 rings (SSSR count). The molecule has 9 nitrogen and oxygen atoms in total. The van der Waals surface area contributed by atoms with Crippen molar-refractivity contribution in [1.29, 1.82) is 0 Å². The van der Waals surface area contributed by atoms with Gasteiger partial charge in [-0.15, -0.1) is 11.6 Å². The normalized spacial score (nSPS) is 17.1. The van der Waals surface area contributed by atoms with Crippen molar-refractivity contribution in [2.75, 3.05) is 19.5 Å². The van der Waals surface area contributed by atoms with E-state index in [1.165, 1.54) is 0 Å². The van der Waals surface area contributed by atoms with Gasteiger partial charge in [-0.2, -0.15) is 0 Å². The van der Waals surface area contributed by atoms with Crippen LogP contribution in [0, 0.1) is 5.92 Å². The molecule has 3 amide bonds. The Kier molecular flexibility index (Phi) is 8.92. The van der Waals surface area contributed by atoms with Gasteiger partial charge in [0, 0.05) is 23.4 Å². The molecule has 1 aliphatic rings. The Morgan fingerprint density at radius 3 is 2.68 bits per heavy atom. The number of ether oxygens (including phenoxy) is 1. The fourth-order valence-electron chi connectivity index (χ4n) is 4.13. The topological polar surface area (TPSA) is 129 Å². The van der Waals surface area contributed by atoms with Crippen molar-refractivity contribution in [1.82, 2.24) is 20.9 Å². The van der Waals surface area contributed by atoms with Crippen LogP contribution in [-0.4, -0.2) is 60.1 Å². The SMILES string of the molecule is CCCC[C@H](NC(=O)c1cc2c(OC)cccc2[nH]1)C(=O)N[C@@H](C[C@@H]1CCNC1=O)C(=O)CCl. The zero-order valence-electron chi connectivity index (χ0n) is 19.4. The first-order valence-corrected chi connectivity index (χ1v) is 12.0. The summed E-state index contributed by atoms with van der Waals surface area (Å²) in [5, 5.41) is 9.00. The molecule has 4 N–H and O–H groups in total. The van der Waals surface area contributed by atoms with Crippen LogP contribution in [0.2, 0.25) is 0 Å². The summed E-state index contributed by atoms with van der Waals surface area (Å²) in [7, 11) is 1.56. The summed E-state index contributed by atoms with van der Waals surface area (Å²) in [6.45, 7) is 2.53. The van der Waals surface area contributed by atoms with Crippen LogP contribution in [0.15, 0.2) is 24.3 Å². The number of rotatable bonds is 12. The molecular weight excluding hydrogens is 460 g/mol. The van der Waals surface area contributed by atoms with Gasteiger partial charge in [0.25, 0.3) is 5.91 Å². The highest BCUT2D eigenvalue weighted by Crippen LogP contribution is 2.26. The van der Waals surface area contributed by atoms with Crippen molar-refractivity contribution in [2.24, 2.45) is 5.92 Å². The number of nitrogens with one attached hydrogen (secondary N) is 4. The van der Waals surface area contributed by atoms with E-state index < -0.39 is 23.9 Å². The number of Topliss-reactive ketones (excluding diaryl/α,β-unsaturated/α-hetero) is 1. The number of amides is 3. The van der Waals surface area contributed by atoms with E-state index in [0.29, 0.717) is 37.3 Å². The highest BCUT2D eigenvalue weighted by Gasteiger charge is 2.32. The monoisotopic (exact) mass is 490 g/mol. The smallest absolute Gasteiger partial charge is 0.268 e. The van der Waals surface area contributed by atoms with E-state index >= 15 is 0 Å². The molecule has 0 bridgehead atoms. The fourth-order valence-corrected chi connectivity index (χ4v) is 4.32. The molecule has 1 fully saturated rings. The lowest BCUT2D eigenvalue weighted by Crippen LogP contribution is -2.52. The van der Waals surface area contributed by atoms with Gasteiger partial charge in [0.2, 0.25) is 11.8 Å². The number of fused-ring (bicyclic) bond motifs is 1. The molecule has 34 heavy (non-hydrogen) atoms. The number of ketones is 1. The average Bonchev–Trinajstić information content (AvgIpc) is 3.46. The third kappa shape index (κ3) is 6.08. The molecule has 184 valence electrons. The minimum absolute atomic E-state index is 0.133. The maximum atomic E-state index is 13.1. The van der Waals surface area contributed by atoms with Gasteiger partial charge in [0.15, 0.2) is 5.78 Å². The molecular formula is C24H31ClN4O5. The molecule has 10 heteroatoms. The Balaban J connectivity index is 1.74. The van der Waals surface area contributed by atoms with Crippen LogP contribution in [0.5, 0.6) is 5.75 Å². The lowest BCUT2D eigenvalue weighted by atomic mass is 9.95. The van der Waals surface area contributed by atoms with Gasteiger partial charge < -0.3 is 25.7 Å². The van der Waals surface area contributed by atoms with E-state index in [4.69, 9.17) is 16.3 Å². The van der Waals surface area contributed by atoms with E-state index in [9.17, 15) is 19.2 Å². The number of benzene rings is 1. The molecule has 1 saturated heterocycles. The van der Waals surface area contributed by atoms with Gasteiger partial charge in [-0.3, -0.25) is 19.2 Å². The van der Waals surface area contributed by atoms with Crippen molar-refractivity contribution in [3.05, 3.63) is 30.0 Å². The van der Waals surface area contributed by atoms with Crippen molar-refractivity contribution in [3.63, 3.8) is 0 Å². The number of unbranched alkanes of at least 4 members (excludes halogenated alkanes) is 1. The molecule has 3 atom stereocenters. The summed E-state index contributed by atoms with van der Waals surface area (Å²) in [5.74, 6) is -1.41. The summed E-state index contributed by atoms with van der Waals surface area (Å²) < 4.78 is 5.34. The largest absolute Gasteiger partial charge is 0.496 e. The molecule has 2 aromatic rings. The van der Waals surface area contributed by atoms with Crippen LogP contribution < -0.4 is 20.7 Å². The van der Waals surface area contributed by atoms with Crippen LogP contribution in [0.1, 0.15) is 49.5 Å². The highest BCUT2D eigenvalue weighted by atomic mass is 35.5. The third-order valence-electron chi connectivity index (χ3n) is 6.08. The average molecular weight is 491 g/mol. The molecule has 0 spiro atoms. The van der Waals surface area contributed by atoms with Crippen LogP contribution in [0.3, 0.4) is 0 Å². The van der Waals surface area contributed by atoms with Gasteiger partial charge in [-0.25, -0.2) is 0 Å². The number of carbonyl (C=O) groups excluding carboxylic acids is 4. The lowest BCUT2D eigenvalue weighted by molar-refractivity contribution is -0.129. The van der Waals surface area contributed by atoms with Crippen LogP contribution in [0.25, 0.3) is 10.9 Å². The van der Waals surface area contributed by atoms with Crippen molar-refractivity contribution < 1.29 is 23.9 Å². The number of carbonyl (C=O) groups is 4. The minimum atomic E-state index is -0.891. The maximum absolute atomic E-state index is 13.1. The summed E-state index contributed by atoms with van der Waals surface area (Å²) in [6.07, 6.45) is 2.72. The van der Waals surface area contributed by atoms with Crippen LogP contribution >= 0.6 is 11.6 Å². The fraction of sp³-hybridized carbons (Fsp3) is 0.500. The van der Waals surface area contributed by atoms with Crippen molar-refractivity contribution >= 4 is 46.0 Å². The Morgan fingerprint density at radius 2 is 2.03 bits per heavy atom. The predicted octanol–water partition coefficient (Wildman–Crippen LogP) is 2.28. The molecule has 1 aromatic heterocycles. The Labute approximate surface area is 203 Å². The van der Waals surface area contributed by atoms with Crippen molar-refractivity contribution in [2.45, 2.75) is 51.1 Å². The number of halogens is 1. The number of aromatic amines is 1. The van der Waals surface area contributed by atoms with E-state index in [0.717, 1.165) is 17.3 Å². The third-order valence-corrected chi connectivity index (χ3v) is 6.34. The molecule has 0 saturated carbocycles. The predicted molar refractivity (Wildman–Crippen MR) is 129 cm³/mol. The summed E-state index contributed by atoms with van der Waals surface area (Å²) in [4.78, 5) is 53.5. The molecule has 1 aliphatic heterocycles. The molecule has 0 aliphatic carbocycles. The van der Waals surface area contributed by atoms with Gasteiger partial charge in [0.05, 0.1) is 19.0 Å². The standard InChI is InChI=1S/C24H31ClN4O5/c1-3-4-6-17(23(32)29-18(20(30)13-25)11-14-9-10-26-22(14)31)28-24(33)19-12-15-16(27-19)7-5-8-21(15)34-2/h5,7-8,12,14,17-18,27H,3-4,6,9-11,13H2,1-2H3,(H,26,31)(H,28,33)(H,29,32)/t14-,17-,18-/m0/s1. The quantitative estimate of drug-likeness (QED) is 0.339. The second-order valence-electron chi connectivity index (χ2n) is 8.45. The van der Waals surface area contributed by atoms with E-state index in [2.05, 4.69) is 20.9 Å². The number of hydrogen-bond donors (Lipinski definition) is 4. The Hall–Kier alpha value is -3.07. The molecule has 0 radical (unpaired) electrons. The Morgan fingerprint density at radius 1 is 1.24 bits per heavy atom. The summed E-state index contributed by atoms with van der Waals surface area (Å²) in [6, 6.07) is 5.39. The van der Waals surface area contributed by atoms with Gasteiger partial charge in [0.1, 0.15) is 17.5 Å². The van der Waals surface area contributed by atoms with Crippen LogP contribution in [-0.2, 0) is 14.4 Å². The molecule has 2 heterocycles. The van der Waals surface area contributed by atoms with Gasteiger partial charge in [-0.1, -0.05) is 25.8 Å². The number of methoxy groups -OCH3 is 1. The number of aromatic nitrogens is 1. The first-order chi connectivity index (χ1) is 16.4. The maximum Gasteiger partial charge on any atom is 0.268 e. The Bertz CT molecular complexity index is 1050. The molecule has 1 aromatic carbocycles. The number of H-pyrrole nitrogens is 1. The van der Waals surface area contributed by atoms with Gasteiger partial charge >= 0.3 is 0 Å². The number of alkyl halides is 1. The summed E-state index contributed by atoms with van der Waals surface area (Å²) in [5.41, 5.74) is 1.03. The van der Waals surface area contributed by atoms with Gasteiger partial charge in [-0.05, 0) is 37.5 Å². The second-order valence-corrected chi connectivity index (χ2v) is 8.71. The van der Waals surface area contributed by atoms with E-state index in [1.807, 2.05) is 19.1 Å². The minimum Gasteiger partial charge on any atom is -0.496 e. The first-order valence-electron chi connectivity index (χ1n) is 11.5. The number of hydrogen-bond acceptors (Lipinski definition) is 5. The van der Waals surface area contributed by atoms with Crippen LogP contribution in [0.4, 0.5) is 0 Å².